The van der Waals surface area contributed by atoms with Crippen molar-refractivity contribution in [1.29, 1.82) is 0 Å². The van der Waals surface area contributed by atoms with Crippen molar-refractivity contribution in [3.63, 3.8) is 0 Å². The highest BCUT2D eigenvalue weighted by Crippen LogP contribution is 2.38. The number of imidazole rings is 1. The third kappa shape index (κ3) is 7.07. The second-order valence-corrected chi connectivity index (χ2v) is 13.5. The second-order valence-electron chi connectivity index (χ2n) is 13.5. The molecule has 3 amide bonds. The number of fused-ring (bicyclic) bond motifs is 1. The lowest BCUT2D eigenvalue weighted by Gasteiger charge is -2.53. The summed E-state index contributed by atoms with van der Waals surface area (Å²) in [5, 5.41) is 10.4. The van der Waals surface area contributed by atoms with Crippen molar-refractivity contribution in [1.82, 2.24) is 24.3 Å². The van der Waals surface area contributed by atoms with E-state index in [0.29, 0.717) is 58.0 Å². The van der Waals surface area contributed by atoms with Gasteiger partial charge < -0.3 is 29.1 Å². The topological polar surface area (TPSA) is 108 Å². The molecular weight excluding hydrogens is 534 g/mol. The van der Waals surface area contributed by atoms with Gasteiger partial charge in [0.15, 0.2) is 5.82 Å². The number of hydrogen-bond donors (Lipinski definition) is 1. The summed E-state index contributed by atoms with van der Waals surface area (Å²) in [6.45, 7) is 13.6. The van der Waals surface area contributed by atoms with Gasteiger partial charge in [-0.15, -0.1) is 0 Å². The summed E-state index contributed by atoms with van der Waals surface area (Å²) >= 11 is 0. The number of rotatable bonds is 11. The van der Waals surface area contributed by atoms with E-state index in [0.717, 1.165) is 30.3 Å². The third-order valence-electron chi connectivity index (χ3n) is 8.56. The number of benzene rings is 1. The van der Waals surface area contributed by atoms with Gasteiger partial charge in [0.2, 0.25) is 5.91 Å². The number of carbonyl (C=O) groups excluding carboxylic acids is 2. The van der Waals surface area contributed by atoms with Crippen LogP contribution < -0.4 is 0 Å². The molecule has 2 aliphatic heterocycles. The smallest absolute Gasteiger partial charge is 0.407 e. The fourth-order valence-corrected chi connectivity index (χ4v) is 6.90. The van der Waals surface area contributed by atoms with E-state index in [2.05, 4.69) is 13.8 Å². The fraction of sp³-hybridized carbons (Fsp3) is 0.688. The number of hydrogen-bond acceptors (Lipinski definition) is 5. The van der Waals surface area contributed by atoms with Crippen LogP contribution in [0.3, 0.4) is 0 Å². The zero-order valence-electron chi connectivity index (χ0n) is 26.2. The summed E-state index contributed by atoms with van der Waals surface area (Å²) in [6.07, 6.45) is 2.72. The molecule has 4 rings (SSSR count). The minimum absolute atomic E-state index is 0.0675. The molecule has 2 aliphatic rings. The first-order valence-electron chi connectivity index (χ1n) is 15.4. The molecule has 2 saturated heterocycles. The van der Waals surface area contributed by atoms with E-state index >= 15 is 0 Å². The third-order valence-corrected chi connectivity index (χ3v) is 8.56. The van der Waals surface area contributed by atoms with Gasteiger partial charge >= 0.3 is 6.09 Å². The molecule has 0 bridgehead atoms. The van der Waals surface area contributed by atoms with Crippen molar-refractivity contribution in [3.8, 4) is 0 Å². The largest absolute Gasteiger partial charge is 0.465 e. The van der Waals surface area contributed by atoms with Crippen LogP contribution in [0.1, 0.15) is 77.3 Å². The molecule has 10 heteroatoms. The number of unbranched alkanes of at least 4 members (excludes halogenated alkanes) is 1. The lowest BCUT2D eigenvalue weighted by atomic mass is 9.74. The highest BCUT2D eigenvalue weighted by atomic mass is 16.5. The first-order valence-corrected chi connectivity index (χ1v) is 15.4. The van der Waals surface area contributed by atoms with Crippen LogP contribution in [0.25, 0.3) is 11.0 Å². The summed E-state index contributed by atoms with van der Waals surface area (Å²) < 4.78 is 7.27. The van der Waals surface area contributed by atoms with Crippen LogP contribution in [-0.4, -0.2) is 99.2 Å². The summed E-state index contributed by atoms with van der Waals surface area (Å²) in [5.74, 6) is 0.438. The lowest BCUT2D eigenvalue weighted by Crippen LogP contribution is -2.65. The van der Waals surface area contributed by atoms with Crippen molar-refractivity contribution in [2.45, 2.75) is 85.4 Å². The standard InChI is InChI=1S/C32H49N5O5/c1-22(2)19-36(30(39)29-33-24-12-7-8-13-25(24)35(29)16-9-10-17-42-6)26-18-23(20-34-15-11-14-27(34)38)21-37(31(40)41)28(26)32(3,4)5/h7-8,12-13,22-23,26,28H,9-11,14-21H2,1-6H3,(H,40,41)/t23-,26-,28?/m0/s1. The molecule has 0 saturated carbocycles. The zero-order chi connectivity index (χ0) is 30.6. The average molecular weight is 584 g/mol. The number of carbonyl (C=O) groups is 3. The number of carboxylic acid groups (broad SMARTS) is 1. The first-order chi connectivity index (χ1) is 19.9. The monoisotopic (exact) mass is 583 g/mol. The van der Waals surface area contributed by atoms with E-state index in [9.17, 15) is 19.5 Å². The Kier molecular flexibility index (Phi) is 10.2. The summed E-state index contributed by atoms with van der Waals surface area (Å²) in [6, 6.07) is 7.03. The Morgan fingerprint density at radius 2 is 1.93 bits per heavy atom. The summed E-state index contributed by atoms with van der Waals surface area (Å²) in [5.41, 5.74) is 1.26. The van der Waals surface area contributed by atoms with Crippen molar-refractivity contribution >= 4 is 28.9 Å². The van der Waals surface area contributed by atoms with Gasteiger partial charge in [-0.25, -0.2) is 9.78 Å². The Morgan fingerprint density at radius 1 is 1.19 bits per heavy atom. The number of para-hydroxylation sites is 2. The van der Waals surface area contributed by atoms with Gasteiger partial charge in [-0.05, 0) is 55.1 Å². The first kappa shape index (κ1) is 31.8. The molecule has 0 spiro atoms. The van der Waals surface area contributed by atoms with Gasteiger partial charge in [0.25, 0.3) is 5.91 Å². The SMILES string of the molecule is COCCCCn1c(C(=O)N(CC(C)C)[C@H]2C[C@@H](CN3CCCC3=O)CN(C(=O)O)C2C(C)(C)C)nc2ccccc21. The van der Waals surface area contributed by atoms with E-state index in [1.165, 1.54) is 4.90 Å². The average Bonchev–Trinajstić information content (AvgIpc) is 3.51. The molecule has 0 radical (unpaired) electrons. The highest BCUT2D eigenvalue weighted by molar-refractivity contribution is 5.95. The van der Waals surface area contributed by atoms with E-state index in [4.69, 9.17) is 9.72 Å². The number of piperidine rings is 1. The van der Waals surface area contributed by atoms with Crippen LogP contribution in [0.15, 0.2) is 24.3 Å². The molecular formula is C32H49N5O5. The molecule has 1 aromatic carbocycles. The van der Waals surface area contributed by atoms with Crippen LogP contribution in [0, 0.1) is 17.3 Å². The number of methoxy groups -OCH3 is 1. The summed E-state index contributed by atoms with van der Waals surface area (Å²) in [7, 11) is 1.69. The van der Waals surface area contributed by atoms with Gasteiger partial charge in [-0.1, -0.05) is 46.8 Å². The van der Waals surface area contributed by atoms with Gasteiger partial charge in [0.1, 0.15) is 0 Å². The maximum absolute atomic E-state index is 14.7. The van der Waals surface area contributed by atoms with Crippen molar-refractivity contribution < 1.29 is 24.2 Å². The Hall–Kier alpha value is -3.14. The van der Waals surface area contributed by atoms with Gasteiger partial charge in [-0.3, -0.25) is 9.59 Å². The predicted octanol–water partition coefficient (Wildman–Crippen LogP) is 4.97. The second kappa shape index (κ2) is 13.4. The van der Waals surface area contributed by atoms with Crippen molar-refractivity contribution in [2.24, 2.45) is 17.3 Å². The minimum Gasteiger partial charge on any atom is -0.465 e. The zero-order valence-corrected chi connectivity index (χ0v) is 26.2. The molecule has 2 aromatic rings. The maximum Gasteiger partial charge on any atom is 0.407 e. The Balaban J connectivity index is 1.76. The molecule has 1 unspecified atom stereocenters. The number of aryl methyl sites for hydroxylation is 1. The maximum atomic E-state index is 14.7. The number of amides is 3. The normalized spacial score (nSPS) is 21.5. The van der Waals surface area contributed by atoms with Crippen LogP contribution >= 0.6 is 0 Å². The van der Waals surface area contributed by atoms with Crippen molar-refractivity contribution in [2.75, 3.05) is 39.9 Å². The fourth-order valence-electron chi connectivity index (χ4n) is 6.90. The van der Waals surface area contributed by atoms with Crippen LogP contribution in [0.5, 0.6) is 0 Å². The molecule has 10 nitrogen and oxygen atoms in total. The molecule has 1 aromatic heterocycles. The molecule has 3 heterocycles. The quantitative estimate of drug-likeness (QED) is 0.375. The summed E-state index contributed by atoms with van der Waals surface area (Å²) in [4.78, 5) is 50.1. The Labute approximate surface area is 250 Å². The van der Waals surface area contributed by atoms with E-state index in [1.54, 1.807) is 7.11 Å². The molecule has 0 aliphatic carbocycles. The van der Waals surface area contributed by atoms with Crippen LogP contribution in [0.2, 0.25) is 0 Å². The number of aromatic nitrogens is 2. The number of nitrogens with zero attached hydrogens (tertiary/aromatic N) is 5. The van der Waals surface area contributed by atoms with E-state index in [-0.39, 0.29) is 29.7 Å². The van der Waals surface area contributed by atoms with Crippen LogP contribution in [0.4, 0.5) is 4.79 Å². The Bertz CT molecular complexity index is 1250. The number of ether oxygens (including phenoxy) is 1. The van der Waals surface area contributed by atoms with E-state index in [1.807, 2.05) is 59.4 Å². The predicted molar refractivity (Wildman–Crippen MR) is 162 cm³/mol. The molecule has 1 N–H and O–H groups in total. The minimum atomic E-state index is -0.986. The van der Waals surface area contributed by atoms with Gasteiger partial charge in [0.05, 0.1) is 23.1 Å². The molecule has 232 valence electrons. The van der Waals surface area contributed by atoms with Gasteiger partial charge in [-0.2, -0.15) is 0 Å². The lowest BCUT2D eigenvalue weighted by molar-refractivity contribution is -0.128. The number of likely N-dealkylation sites (tertiary alicyclic amines) is 2. The molecule has 2 fully saturated rings. The molecule has 42 heavy (non-hydrogen) atoms. The Morgan fingerprint density at radius 3 is 2.55 bits per heavy atom. The van der Waals surface area contributed by atoms with Gasteiger partial charge in [0, 0.05) is 52.9 Å². The van der Waals surface area contributed by atoms with Crippen molar-refractivity contribution in [3.05, 3.63) is 30.1 Å². The van der Waals surface area contributed by atoms with E-state index < -0.39 is 17.6 Å². The molecule has 3 atom stereocenters. The van der Waals surface area contributed by atoms with Crippen LogP contribution in [-0.2, 0) is 16.1 Å². The highest BCUT2D eigenvalue weighted by Gasteiger charge is 2.49.